The van der Waals surface area contributed by atoms with Crippen LogP contribution in [0.25, 0.3) is 0 Å². The summed E-state index contributed by atoms with van der Waals surface area (Å²) in [5.41, 5.74) is 3.93. The van der Waals surface area contributed by atoms with E-state index in [4.69, 9.17) is 0 Å². The van der Waals surface area contributed by atoms with Crippen LogP contribution in [0.4, 0.5) is 0 Å². The highest BCUT2D eigenvalue weighted by Crippen LogP contribution is 2.28. The molecule has 0 aromatic heterocycles. The van der Waals surface area contributed by atoms with Gasteiger partial charge in [-0.05, 0) is 50.2 Å². The summed E-state index contributed by atoms with van der Waals surface area (Å²) in [5, 5.41) is 10.3. The summed E-state index contributed by atoms with van der Waals surface area (Å²) in [4.78, 5) is 0. The quantitative estimate of drug-likeness (QED) is 0.840. The summed E-state index contributed by atoms with van der Waals surface area (Å²) >= 11 is 0. The third-order valence-corrected chi connectivity index (χ3v) is 4.13. The first-order valence-corrected chi connectivity index (χ1v) is 6.91. The normalized spacial score (nSPS) is 19.2. The summed E-state index contributed by atoms with van der Waals surface area (Å²) in [5.74, 6) is 0.531. The van der Waals surface area contributed by atoms with E-state index in [1.807, 2.05) is 0 Å². The highest BCUT2D eigenvalue weighted by atomic mass is 16.3. The Kier molecular flexibility index (Phi) is 4.22. The molecular weight excluding hydrogens is 208 g/mol. The zero-order valence-electron chi connectivity index (χ0n) is 11.1. The van der Waals surface area contributed by atoms with E-state index in [1.165, 1.54) is 48.8 Å². The number of aryl methyl sites for hydroxylation is 2. The van der Waals surface area contributed by atoms with Crippen LogP contribution >= 0.6 is 0 Å². The van der Waals surface area contributed by atoms with E-state index >= 15 is 0 Å². The molecule has 0 heterocycles. The Hall–Kier alpha value is -0.820. The topological polar surface area (TPSA) is 20.2 Å². The zero-order chi connectivity index (χ0) is 12.3. The highest BCUT2D eigenvalue weighted by Gasteiger charge is 2.22. The molecule has 0 aliphatic heterocycles. The van der Waals surface area contributed by atoms with Crippen molar-refractivity contribution < 1.29 is 5.11 Å². The second-order valence-corrected chi connectivity index (χ2v) is 5.60. The third kappa shape index (κ3) is 3.32. The lowest BCUT2D eigenvalue weighted by atomic mass is 9.82. The van der Waals surface area contributed by atoms with Crippen LogP contribution in [-0.4, -0.2) is 11.2 Å². The van der Waals surface area contributed by atoms with Gasteiger partial charge in [0.2, 0.25) is 0 Å². The van der Waals surface area contributed by atoms with Crippen LogP contribution < -0.4 is 0 Å². The molecule has 17 heavy (non-hydrogen) atoms. The van der Waals surface area contributed by atoms with Crippen molar-refractivity contribution in [3.05, 3.63) is 34.9 Å². The van der Waals surface area contributed by atoms with Gasteiger partial charge in [-0.1, -0.05) is 43.0 Å². The molecule has 2 rings (SSSR count). The maximum atomic E-state index is 10.3. The van der Waals surface area contributed by atoms with Gasteiger partial charge in [-0.25, -0.2) is 0 Å². The van der Waals surface area contributed by atoms with Crippen LogP contribution in [0.1, 0.15) is 48.8 Å². The van der Waals surface area contributed by atoms with E-state index in [0.717, 1.165) is 6.42 Å². The fourth-order valence-corrected chi connectivity index (χ4v) is 2.93. The molecule has 0 amide bonds. The maximum Gasteiger partial charge on any atom is 0.0608 e. The first kappa shape index (κ1) is 12.6. The highest BCUT2D eigenvalue weighted by molar-refractivity contribution is 5.31. The molecule has 0 bridgehead atoms. The first-order chi connectivity index (χ1) is 8.16. The number of hydrogen-bond donors (Lipinski definition) is 1. The van der Waals surface area contributed by atoms with Gasteiger partial charge in [0.15, 0.2) is 0 Å². The lowest BCUT2D eigenvalue weighted by Crippen LogP contribution is -2.25. The summed E-state index contributed by atoms with van der Waals surface area (Å²) in [6, 6.07) is 6.53. The Labute approximate surface area is 105 Å². The fourth-order valence-electron chi connectivity index (χ4n) is 2.93. The molecule has 0 saturated heterocycles. The lowest BCUT2D eigenvalue weighted by Gasteiger charge is -2.27. The first-order valence-electron chi connectivity index (χ1n) is 6.91. The van der Waals surface area contributed by atoms with Crippen LogP contribution in [-0.2, 0) is 6.42 Å². The van der Waals surface area contributed by atoms with Crippen molar-refractivity contribution in [3.8, 4) is 0 Å². The van der Waals surface area contributed by atoms with Gasteiger partial charge in [-0.3, -0.25) is 0 Å². The van der Waals surface area contributed by atoms with Gasteiger partial charge < -0.3 is 5.11 Å². The van der Waals surface area contributed by atoms with Gasteiger partial charge in [-0.15, -0.1) is 0 Å². The number of rotatable bonds is 3. The van der Waals surface area contributed by atoms with Crippen molar-refractivity contribution in [2.24, 2.45) is 5.92 Å². The van der Waals surface area contributed by atoms with Crippen LogP contribution in [0.15, 0.2) is 18.2 Å². The molecule has 1 aliphatic carbocycles. The van der Waals surface area contributed by atoms with Crippen molar-refractivity contribution in [2.75, 3.05) is 0 Å². The molecule has 1 aliphatic rings. The van der Waals surface area contributed by atoms with Gasteiger partial charge in [0.25, 0.3) is 0 Å². The summed E-state index contributed by atoms with van der Waals surface area (Å²) in [7, 11) is 0. The van der Waals surface area contributed by atoms with E-state index in [0.29, 0.717) is 5.92 Å². The van der Waals surface area contributed by atoms with Crippen molar-refractivity contribution in [2.45, 2.75) is 58.5 Å². The average molecular weight is 232 g/mol. The van der Waals surface area contributed by atoms with E-state index in [9.17, 15) is 5.11 Å². The molecule has 1 nitrogen and oxygen atoms in total. The summed E-state index contributed by atoms with van der Waals surface area (Å²) < 4.78 is 0. The standard InChI is InChI=1S/C16H24O/c1-12-8-9-13(2)15(10-12)11-16(17)14-6-4-3-5-7-14/h8-10,14,16-17H,3-7,11H2,1-2H3. The number of hydrogen-bond acceptors (Lipinski definition) is 1. The van der Waals surface area contributed by atoms with Gasteiger partial charge >= 0.3 is 0 Å². The van der Waals surface area contributed by atoms with Crippen molar-refractivity contribution in [3.63, 3.8) is 0 Å². The van der Waals surface area contributed by atoms with Crippen LogP contribution in [0, 0.1) is 19.8 Å². The van der Waals surface area contributed by atoms with E-state index < -0.39 is 0 Å². The van der Waals surface area contributed by atoms with Gasteiger partial charge in [-0.2, -0.15) is 0 Å². The predicted octanol–water partition coefficient (Wildman–Crippen LogP) is 3.79. The molecule has 1 fully saturated rings. The summed E-state index contributed by atoms with van der Waals surface area (Å²) in [6.07, 6.45) is 7.07. The second-order valence-electron chi connectivity index (χ2n) is 5.60. The largest absolute Gasteiger partial charge is 0.392 e. The van der Waals surface area contributed by atoms with Crippen molar-refractivity contribution in [1.82, 2.24) is 0 Å². The lowest BCUT2D eigenvalue weighted by molar-refractivity contribution is 0.0849. The Balaban J connectivity index is 2.01. The third-order valence-electron chi connectivity index (χ3n) is 4.13. The molecule has 1 heteroatoms. The fraction of sp³-hybridized carbons (Fsp3) is 0.625. The van der Waals surface area contributed by atoms with Gasteiger partial charge in [0.05, 0.1) is 6.10 Å². The van der Waals surface area contributed by atoms with Gasteiger partial charge in [0.1, 0.15) is 0 Å². The Morgan fingerprint density at radius 1 is 1.18 bits per heavy atom. The number of aliphatic hydroxyl groups is 1. The Morgan fingerprint density at radius 2 is 1.88 bits per heavy atom. The van der Waals surface area contributed by atoms with Crippen LogP contribution in [0.3, 0.4) is 0 Å². The monoisotopic (exact) mass is 232 g/mol. The molecule has 1 aromatic rings. The number of benzene rings is 1. The number of aliphatic hydroxyl groups excluding tert-OH is 1. The zero-order valence-corrected chi connectivity index (χ0v) is 11.1. The minimum absolute atomic E-state index is 0.143. The van der Waals surface area contributed by atoms with E-state index in [1.54, 1.807) is 0 Å². The molecule has 0 radical (unpaired) electrons. The maximum absolute atomic E-state index is 10.3. The van der Waals surface area contributed by atoms with Gasteiger partial charge in [0, 0.05) is 0 Å². The predicted molar refractivity (Wildman–Crippen MR) is 72.2 cm³/mol. The molecule has 1 N–H and O–H groups in total. The molecule has 94 valence electrons. The molecule has 0 spiro atoms. The van der Waals surface area contributed by atoms with E-state index in [-0.39, 0.29) is 6.10 Å². The van der Waals surface area contributed by atoms with Crippen LogP contribution in [0.5, 0.6) is 0 Å². The van der Waals surface area contributed by atoms with Crippen molar-refractivity contribution >= 4 is 0 Å². The smallest absolute Gasteiger partial charge is 0.0608 e. The van der Waals surface area contributed by atoms with Crippen molar-refractivity contribution in [1.29, 1.82) is 0 Å². The second kappa shape index (κ2) is 5.68. The molecular formula is C16H24O. The molecule has 1 saturated carbocycles. The Bertz CT molecular complexity index is 364. The molecule has 1 aromatic carbocycles. The minimum Gasteiger partial charge on any atom is -0.392 e. The Morgan fingerprint density at radius 3 is 2.59 bits per heavy atom. The minimum atomic E-state index is -0.143. The SMILES string of the molecule is Cc1ccc(C)c(CC(O)C2CCCCC2)c1. The molecule has 1 unspecified atom stereocenters. The summed E-state index contributed by atoms with van der Waals surface area (Å²) in [6.45, 7) is 4.26. The van der Waals surface area contributed by atoms with E-state index in [2.05, 4.69) is 32.0 Å². The molecule has 1 atom stereocenters. The van der Waals surface area contributed by atoms with Crippen LogP contribution in [0.2, 0.25) is 0 Å². The average Bonchev–Trinajstić information content (AvgIpc) is 2.35.